The van der Waals surface area contributed by atoms with E-state index in [-0.39, 0.29) is 0 Å². The normalized spacial score (nSPS) is 10.3. The van der Waals surface area contributed by atoms with Crippen molar-refractivity contribution in [2.45, 2.75) is 20.0 Å². The SMILES string of the molecule is COc1ncnc(OC)c1CNCc1cccc(C)c1. The second-order valence-corrected chi connectivity index (χ2v) is 4.46. The van der Waals surface area contributed by atoms with E-state index in [1.165, 1.54) is 17.5 Å². The molecule has 1 N–H and O–H groups in total. The molecule has 0 radical (unpaired) electrons. The molecular weight excluding hydrogens is 254 g/mol. The lowest BCUT2D eigenvalue weighted by molar-refractivity contribution is 0.359. The van der Waals surface area contributed by atoms with Crippen LogP contribution in [-0.4, -0.2) is 24.2 Å². The molecule has 0 spiro atoms. The van der Waals surface area contributed by atoms with Crippen molar-refractivity contribution >= 4 is 0 Å². The minimum Gasteiger partial charge on any atom is -0.481 e. The molecule has 0 unspecified atom stereocenters. The molecule has 2 rings (SSSR count). The zero-order valence-corrected chi connectivity index (χ0v) is 12.0. The predicted octanol–water partition coefficient (Wildman–Crippen LogP) is 2.09. The van der Waals surface area contributed by atoms with Crippen molar-refractivity contribution < 1.29 is 9.47 Å². The van der Waals surface area contributed by atoms with E-state index in [4.69, 9.17) is 9.47 Å². The van der Waals surface area contributed by atoms with Crippen LogP contribution in [0.5, 0.6) is 11.8 Å². The third-order valence-corrected chi connectivity index (χ3v) is 2.97. The van der Waals surface area contributed by atoms with Crippen LogP contribution < -0.4 is 14.8 Å². The largest absolute Gasteiger partial charge is 0.481 e. The Hall–Kier alpha value is -2.14. The highest BCUT2D eigenvalue weighted by Gasteiger charge is 2.12. The summed E-state index contributed by atoms with van der Waals surface area (Å²) in [5, 5.41) is 3.35. The molecule has 0 bridgehead atoms. The Kier molecular flexibility index (Phi) is 4.90. The van der Waals surface area contributed by atoms with E-state index < -0.39 is 0 Å². The second-order valence-electron chi connectivity index (χ2n) is 4.46. The molecule has 5 nitrogen and oxygen atoms in total. The minimum atomic E-state index is 0.536. The third-order valence-electron chi connectivity index (χ3n) is 2.97. The molecular formula is C15H19N3O2. The first-order chi connectivity index (χ1) is 9.74. The van der Waals surface area contributed by atoms with Crippen molar-refractivity contribution in [1.82, 2.24) is 15.3 Å². The molecule has 106 valence electrons. The van der Waals surface area contributed by atoms with Crippen molar-refractivity contribution in [3.8, 4) is 11.8 Å². The number of hydrogen-bond acceptors (Lipinski definition) is 5. The molecule has 1 aromatic heterocycles. The van der Waals surface area contributed by atoms with E-state index in [1.54, 1.807) is 14.2 Å². The molecule has 20 heavy (non-hydrogen) atoms. The molecule has 0 saturated heterocycles. The summed E-state index contributed by atoms with van der Waals surface area (Å²) in [7, 11) is 3.18. The summed E-state index contributed by atoms with van der Waals surface area (Å²) in [5.41, 5.74) is 3.31. The monoisotopic (exact) mass is 273 g/mol. The van der Waals surface area contributed by atoms with Crippen molar-refractivity contribution in [2.24, 2.45) is 0 Å². The van der Waals surface area contributed by atoms with Gasteiger partial charge in [0.25, 0.3) is 0 Å². The van der Waals surface area contributed by atoms with E-state index in [0.29, 0.717) is 18.3 Å². The lowest BCUT2D eigenvalue weighted by Gasteiger charge is -2.11. The Bertz CT molecular complexity index is 551. The highest BCUT2D eigenvalue weighted by Crippen LogP contribution is 2.22. The predicted molar refractivity (Wildman–Crippen MR) is 76.9 cm³/mol. The van der Waals surface area contributed by atoms with Gasteiger partial charge in [0.1, 0.15) is 6.33 Å². The summed E-state index contributed by atoms with van der Waals surface area (Å²) in [5.74, 6) is 1.07. The van der Waals surface area contributed by atoms with Gasteiger partial charge < -0.3 is 14.8 Å². The Morgan fingerprint density at radius 1 is 1.05 bits per heavy atom. The van der Waals surface area contributed by atoms with Crippen LogP contribution in [0, 0.1) is 6.92 Å². The van der Waals surface area contributed by atoms with E-state index in [9.17, 15) is 0 Å². The quantitative estimate of drug-likeness (QED) is 0.873. The van der Waals surface area contributed by atoms with Gasteiger partial charge in [0.2, 0.25) is 11.8 Å². The van der Waals surface area contributed by atoms with Crippen LogP contribution >= 0.6 is 0 Å². The fourth-order valence-electron chi connectivity index (χ4n) is 2.04. The number of methoxy groups -OCH3 is 2. The summed E-state index contributed by atoms with van der Waals surface area (Å²) in [6.07, 6.45) is 1.43. The Labute approximate surface area is 119 Å². The van der Waals surface area contributed by atoms with E-state index in [2.05, 4.69) is 46.5 Å². The number of hydrogen-bond donors (Lipinski definition) is 1. The maximum atomic E-state index is 5.24. The van der Waals surface area contributed by atoms with Crippen LogP contribution in [0.2, 0.25) is 0 Å². The Morgan fingerprint density at radius 2 is 1.75 bits per heavy atom. The van der Waals surface area contributed by atoms with Crippen molar-refractivity contribution in [3.63, 3.8) is 0 Å². The van der Waals surface area contributed by atoms with Crippen LogP contribution in [-0.2, 0) is 13.1 Å². The maximum Gasteiger partial charge on any atom is 0.224 e. The van der Waals surface area contributed by atoms with E-state index >= 15 is 0 Å². The number of aryl methyl sites for hydroxylation is 1. The molecule has 0 amide bonds. The number of nitrogens with one attached hydrogen (secondary N) is 1. The molecule has 0 aliphatic rings. The van der Waals surface area contributed by atoms with Gasteiger partial charge in [-0.15, -0.1) is 0 Å². The molecule has 0 aliphatic carbocycles. The molecule has 2 aromatic rings. The number of nitrogens with zero attached hydrogens (tertiary/aromatic N) is 2. The highest BCUT2D eigenvalue weighted by atomic mass is 16.5. The van der Waals surface area contributed by atoms with Gasteiger partial charge in [-0.05, 0) is 12.5 Å². The second kappa shape index (κ2) is 6.86. The average molecular weight is 273 g/mol. The van der Waals surface area contributed by atoms with Gasteiger partial charge in [0.15, 0.2) is 0 Å². The first kappa shape index (κ1) is 14.3. The molecule has 0 atom stereocenters. The van der Waals surface area contributed by atoms with Gasteiger partial charge in [0, 0.05) is 13.1 Å². The van der Waals surface area contributed by atoms with Gasteiger partial charge in [-0.2, -0.15) is 0 Å². The molecule has 0 aliphatic heterocycles. The topological polar surface area (TPSA) is 56.3 Å². The van der Waals surface area contributed by atoms with Crippen LogP contribution in [0.4, 0.5) is 0 Å². The minimum absolute atomic E-state index is 0.536. The summed E-state index contributed by atoms with van der Waals surface area (Å²) in [4.78, 5) is 8.18. The van der Waals surface area contributed by atoms with Crippen LogP contribution in [0.1, 0.15) is 16.7 Å². The van der Waals surface area contributed by atoms with Gasteiger partial charge in [-0.1, -0.05) is 29.8 Å². The summed E-state index contributed by atoms with van der Waals surface area (Å²) in [6, 6.07) is 8.39. The van der Waals surface area contributed by atoms with Crippen LogP contribution in [0.25, 0.3) is 0 Å². The number of ether oxygens (including phenoxy) is 2. The highest BCUT2D eigenvalue weighted by molar-refractivity contribution is 5.34. The fraction of sp³-hybridized carbons (Fsp3) is 0.333. The van der Waals surface area contributed by atoms with Crippen molar-refractivity contribution in [2.75, 3.05) is 14.2 Å². The van der Waals surface area contributed by atoms with E-state index in [0.717, 1.165) is 12.1 Å². The first-order valence-electron chi connectivity index (χ1n) is 6.42. The van der Waals surface area contributed by atoms with Crippen molar-refractivity contribution in [1.29, 1.82) is 0 Å². The van der Waals surface area contributed by atoms with Crippen LogP contribution in [0.15, 0.2) is 30.6 Å². The number of benzene rings is 1. The molecule has 0 fully saturated rings. The Balaban J connectivity index is 2.03. The van der Waals surface area contributed by atoms with Crippen LogP contribution in [0.3, 0.4) is 0 Å². The maximum absolute atomic E-state index is 5.24. The van der Waals surface area contributed by atoms with Gasteiger partial charge in [-0.25, -0.2) is 9.97 Å². The fourth-order valence-corrected chi connectivity index (χ4v) is 2.04. The molecule has 0 saturated carbocycles. The first-order valence-corrected chi connectivity index (χ1v) is 6.42. The smallest absolute Gasteiger partial charge is 0.224 e. The van der Waals surface area contributed by atoms with Crippen molar-refractivity contribution in [3.05, 3.63) is 47.3 Å². The van der Waals surface area contributed by atoms with Gasteiger partial charge in [0.05, 0.1) is 19.8 Å². The molecule has 5 heteroatoms. The lowest BCUT2D eigenvalue weighted by atomic mass is 10.1. The average Bonchev–Trinajstić information content (AvgIpc) is 2.47. The zero-order valence-electron chi connectivity index (χ0n) is 12.0. The van der Waals surface area contributed by atoms with Gasteiger partial charge >= 0.3 is 0 Å². The van der Waals surface area contributed by atoms with Gasteiger partial charge in [-0.3, -0.25) is 0 Å². The molecule has 1 aromatic carbocycles. The summed E-state index contributed by atoms with van der Waals surface area (Å²) >= 11 is 0. The zero-order chi connectivity index (χ0) is 14.4. The lowest BCUT2D eigenvalue weighted by Crippen LogP contribution is -2.15. The number of rotatable bonds is 6. The summed E-state index contributed by atoms with van der Waals surface area (Å²) < 4.78 is 10.5. The summed E-state index contributed by atoms with van der Waals surface area (Å²) in [6.45, 7) is 3.44. The molecule has 1 heterocycles. The number of aromatic nitrogens is 2. The third kappa shape index (κ3) is 3.45. The van der Waals surface area contributed by atoms with E-state index in [1.807, 2.05) is 0 Å². The standard InChI is InChI=1S/C15H19N3O2/c1-11-5-4-6-12(7-11)8-16-9-13-14(19-2)17-10-18-15(13)20-3/h4-7,10,16H,8-9H2,1-3H3. The Morgan fingerprint density at radius 3 is 2.35 bits per heavy atom.